The Labute approximate surface area is 140 Å². The first-order valence-electron chi connectivity index (χ1n) is 7.07. The SMILES string of the molecule is C=CC(=O)OOP(=O)([O-])OCC.c1ccc(-c2ccccc2)cc1. The first-order valence-corrected chi connectivity index (χ1v) is 8.53. The van der Waals surface area contributed by atoms with Crippen LogP contribution in [0.15, 0.2) is 73.3 Å². The lowest BCUT2D eigenvalue weighted by Crippen LogP contribution is -2.10. The average molecular weight is 349 g/mol. The van der Waals surface area contributed by atoms with Crippen molar-refractivity contribution in [1.29, 1.82) is 0 Å². The molecule has 0 bridgehead atoms. The quantitative estimate of drug-likeness (QED) is 0.343. The summed E-state index contributed by atoms with van der Waals surface area (Å²) in [5.74, 6) is -1.01. The lowest BCUT2D eigenvalue weighted by Gasteiger charge is -2.18. The molecule has 6 nitrogen and oxygen atoms in total. The Morgan fingerprint density at radius 1 is 1.08 bits per heavy atom. The summed E-state index contributed by atoms with van der Waals surface area (Å²) in [7, 11) is -4.50. The number of benzene rings is 2. The Hall–Kier alpha value is -2.24. The molecule has 128 valence electrons. The number of hydrogen-bond donors (Lipinski definition) is 0. The molecule has 0 aliphatic carbocycles. The van der Waals surface area contributed by atoms with Gasteiger partial charge >= 0.3 is 13.8 Å². The lowest BCUT2D eigenvalue weighted by atomic mass is 10.1. The van der Waals surface area contributed by atoms with Gasteiger partial charge in [-0.3, -0.25) is 9.45 Å². The van der Waals surface area contributed by atoms with Crippen molar-refractivity contribution in [2.75, 3.05) is 6.61 Å². The largest absolute Gasteiger partial charge is 0.754 e. The van der Waals surface area contributed by atoms with Crippen LogP contribution >= 0.6 is 7.82 Å². The summed E-state index contributed by atoms with van der Waals surface area (Å²) < 4.78 is 18.3. The van der Waals surface area contributed by atoms with Gasteiger partial charge in [-0.15, -0.1) is 4.67 Å². The Morgan fingerprint density at radius 2 is 1.54 bits per heavy atom. The van der Waals surface area contributed by atoms with Gasteiger partial charge in [-0.1, -0.05) is 67.2 Å². The van der Waals surface area contributed by atoms with E-state index < -0.39 is 13.8 Å². The van der Waals surface area contributed by atoms with E-state index in [4.69, 9.17) is 0 Å². The highest BCUT2D eigenvalue weighted by atomic mass is 31.2. The van der Waals surface area contributed by atoms with Crippen molar-refractivity contribution in [3.8, 4) is 11.1 Å². The molecule has 1 unspecified atom stereocenters. The van der Waals surface area contributed by atoms with Crippen LogP contribution in [0.5, 0.6) is 0 Å². The molecule has 0 saturated heterocycles. The van der Waals surface area contributed by atoms with Gasteiger partial charge in [0, 0.05) is 6.08 Å². The van der Waals surface area contributed by atoms with Crippen LogP contribution in [-0.2, 0) is 23.4 Å². The van der Waals surface area contributed by atoms with E-state index in [2.05, 4.69) is 69.2 Å². The first kappa shape index (κ1) is 19.8. The van der Waals surface area contributed by atoms with Crippen molar-refractivity contribution in [2.45, 2.75) is 6.92 Å². The number of carbonyl (C=O) groups is 1. The van der Waals surface area contributed by atoms with Crippen LogP contribution in [0.3, 0.4) is 0 Å². The second-order valence-corrected chi connectivity index (χ2v) is 5.58. The van der Waals surface area contributed by atoms with Gasteiger partial charge in [0.15, 0.2) is 0 Å². The molecule has 2 aromatic rings. The predicted molar refractivity (Wildman–Crippen MR) is 88.5 cm³/mol. The van der Waals surface area contributed by atoms with Crippen molar-refractivity contribution in [3.63, 3.8) is 0 Å². The molecule has 0 spiro atoms. The Morgan fingerprint density at radius 3 is 1.92 bits per heavy atom. The Kier molecular flexibility index (Phi) is 8.68. The molecule has 0 fully saturated rings. The molecule has 2 aromatic carbocycles. The van der Waals surface area contributed by atoms with Gasteiger partial charge in [0.2, 0.25) is 0 Å². The van der Waals surface area contributed by atoms with E-state index >= 15 is 0 Å². The molecule has 0 amide bonds. The van der Waals surface area contributed by atoms with Crippen molar-refractivity contribution in [1.82, 2.24) is 0 Å². The Bertz CT molecular complexity index is 634. The number of phosphoric acid groups is 1. The van der Waals surface area contributed by atoms with Gasteiger partial charge < -0.3 is 9.42 Å². The van der Waals surface area contributed by atoms with Crippen LogP contribution < -0.4 is 4.89 Å². The summed E-state index contributed by atoms with van der Waals surface area (Å²) in [4.78, 5) is 24.6. The second kappa shape index (κ2) is 10.5. The minimum atomic E-state index is -4.50. The zero-order chi connectivity index (χ0) is 17.8. The molecular weight excluding hydrogens is 331 g/mol. The number of hydrogen-bond acceptors (Lipinski definition) is 6. The molecule has 2 rings (SSSR count). The van der Waals surface area contributed by atoms with Crippen LogP contribution in [0.25, 0.3) is 11.1 Å². The van der Waals surface area contributed by atoms with Crippen molar-refractivity contribution < 1.29 is 28.3 Å². The molecule has 1 atom stereocenters. The van der Waals surface area contributed by atoms with Gasteiger partial charge in [0.25, 0.3) is 0 Å². The van der Waals surface area contributed by atoms with E-state index in [1.54, 1.807) is 0 Å². The molecule has 0 aromatic heterocycles. The lowest BCUT2D eigenvalue weighted by molar-refractivity contribution is -0.290. The third-order valence-corrected chi connectivity index (χ3v) is 3.38. The topological polar surface area (TPSA) is 84.9 Å². The Balaban J connectivity index is 0.000000240. The number of carbonyl (C=O) groups excluding carboxylic acids is 1. The fraction of sp³-hybridized carbons (Fsp3) is 0.118. The minimum absolute atomic E-state index is 0.0909. The van der Waals surface area contributed by atoms with Gasteiger partial charge in [0.1, 0.15) is 0 Å². The molecular formula is C17H18O6P-. The van der Waals surface area contributed by atoms with E-state index in [0.717, 1.165) is 6.08 Å². The second-order valence-electron chi connectivity index (χ2n) is 4.28. The highest BCUT2D eigenvalue weighted by molar-refractivity contribution is 7.45. The highest BCUT2D eigenvalue weighted by Crippen LogP contribution is 2.38. The monoisotopic (exact) mass is 349 g/mol. The normalized spacial score (nSPS) is 12.2. The van der Waals surface area contributed by atoms with E-state index in [-0.39, 0.29) is 6.61 Å². The van der Waals surface area contributed by atoms with Gasteiger partial charge in [-0.2, -0.15) is 0 Å². The van der Waals surface area contributed by atoms with E-state index in [1.807, 2.05) is 12.1 Å². The van der Waals surface area contributed by atoms with Crippen molar-refractivity contribution in [2.24, 2.45) is 0 Å². The molecule has 0 aliphatic heterocycles. The van der Waals surface area contributed by atoms with Crippen LogP contribution in [0.2, 0.25) is 0 Å². The molecule has 0 N–H and O–H groups in total. The summed E-state index contributed by atoms with van der Waals surface area (Å²) in [6, 6.07) is 20.8. The molecule has 0 radical (unpaired) electrons. The summed E-state index contributed by atoms with van der Waals surface area (Å²) in [5, 5.41) is 0. The van der Waals surface area contributed by atoms with Crippen molar-refractivity contribution in [3.05, 3.63) is 73.3 Å². The summed E-state index contributed by atoms with van der Waals surface area (Å²) in [6.45, 7) is 4.38. The van der Waals surface area contributed by atoms with Crippen LogP contribution in [0.1, 0.15) is 6.92 Å². The van der Waals surface area contributed by atoms with Gasteiger partial charge in [-0.05, 0) is 18.1 Å². The van der Waals surface area contributed by atoms with Crippen LogP contribution in [-0.4, -0.2) is 12.6 Å². The van der Waals surface area contributed by atoms with Crippen molar-refractivity contribution >= 4 is 13.8 Å². The van der Waals surface area contributed by atoms with E-state index in [0.29, 0.717) is 0 Å². The first-order chi connectivity index (χ1) is 11.5. The zero-order valence-corrected chi connectivity index (χ0v) is 14.1. The third-order valence-electron chi connectivity index (χ3n) is 2.55. The third kappa shape index (κ3) is 7.85. The molecule has 7 heteroatoms. The zero-order valence-electron chi connectivity index (χ0n) is 13.2. The van der Waals surface area contributed by atoms with Gasteiger partial charge in [-0.25, -0.2) is 4.79 Å². The molecule has 0 saturated carbocycles. The maximum atomic E-state index is 10.5. The number of rotatable bonds is 6. The average Bonchev–Trinajstić information content (AvgIpc) is 2.62. The van der Waals surface area contributed by atoms with E-state index in [9.17, 15) is 14.3 Å². The summed E-state index contributed by atoms with van der Waals surface area (Å²) in [5.41, 5.74) is 2.55. The number of phosphoric ester groups is 1. The van der Waals surface area contributed by atoms with Crippen LogP contribution in [0, 0.1) is 0 Å². The molecule has 0 aliphatic rings. The maximum Gasteiger partial charge on any atom is 0.365 e. The minimum Gasteiger partial charge on any atom is -0.754 e. The molecule has 0 heterocycles. The fourth-order valence-corrected chi connectivity index (χ4v) is 2.08. The molecule has 24 heavy (non-hydrogen) atoms. The highest BCUT2D eigenvalue weighted by Gasteiger charge is 2.11. The van der Waals surface area contributed by atoms with Crippen LogP contribution in [0.4, 0.5) is 0 Å². The predicted octanol–water partition coefficient (Wildman–Crippen LogP) is 3.51. The summed E-state index contributed by atoms with van der Waals surface area (Å²) >= 11 is 0. The smallest absolute Gasteiger partial charge is 0.365 e. The standard InChI is InChI=1S/C12H10.C5H9O6P/c1-3-7-11(8-4-1)12-9-5-2-6-10-12;1-3-5(6)10-11-12(7,8)9-4-2/h1-10H;3H,1,4H2,2H3,(H,7,8)/p-1. The summed E-state index contributed by atoms with van der Waals surface area (Å²) in [6.07, 6.45) is 0.756. The fourth-order valence-electron chi connectivity index (χ4n) is 1.56. The van der Waals surface area contributed by atoms with E-state index in [1.165, 1.54) is 18.1 Å². The maximum absolute atomic E-state index is 10.5. The van der Waals surface area contributed by atoms with Gasteiger partial charge in [0.05, 0.1) is 6.61 Å².